The summed E-state index contributed by atoms with van der Waals surface area (Å²) in [5.41, 5.74) is 0.525. The highest BCUT2D eigenvalue weighted by atomic mass is 79.9. The molecule has 5 nitrogen and oxygen atoms in total. The molecular formula is C10H12BrNO4. The maximum Gasteiger partial charge on any atom is 0.128 e. The van der Waals surface area contributed by atoms with Crippen molar-refractivity contribution >= 4 is 15.9 Å². The first-order chi connectivity index (χ1) is 7.63. The topological polar surface area (TPSA) is 82.8 Å². The molecule has 6 heteroatoms. The molecule has 1 aliphatic heterocycles. The molecule has 0 saturated carbocycles. The zero-order chi connectivity index (χ0) is 11.7. The molecule has 88 valence electrons. The summed E-state index contributed by atoms with van der Waals surface area (Å²) in [4.78, 5) is 4.07. The lowest BCUT2D eigenvalue weighted by Crippen LogP contribution is -2.32. The Bertz CT molecular complexity index is 376. The fourth-order valence-corrected chi connectivity index (χ4v) is 2.07. The van der Waals surface area contributed by atoms with Gasteiger partial charge in [0.1, 0.15) is 24.4 Å². The van der Waals surface area contributed by atoms with Crippen LogP contribution in [0, 0.1) is 0 Å². The van der Waals surface area contributed by atoms with Crippen molar-refractivity contribution in [2.75, 3.05) is 6.61 Å². The average molecular weight is 290 g/mol. The van der Waals surface area contributed by atoms with Crippen LogP contribution < -0.4 is 0 Å². The van der Waals surface area contributed by atoms with Crippen LogP contribution in [0.2, 0.25) is 0 Å². The van der Waals surface area contributed by atoms with Crippen LogP contribution in [0.1, 0.15) is 11.8 Å². The van der Waals surface area contributed by atoms with E-state index in [2.05, 4.69) is 20.9 Å². The molecular weight excluding hydrogens is 278 g/mol. The van der Waals surface area contributed by atoms with Crippen LogP contribution in [0.5, 0.6) is 0 Å². The molecule has 0 aromatic carbocycles. The largest absolute Gasteiger partial charge is 0.394 e. The number of hydrogen-bond acceptors (Lipinski definition) is 5. The van der Waals surface area contributed by atoms with Gasteiger partial charge in [-0.1, -0.05) is 15.9 Å². The minimum Gasteiger partial charge on any atom is -0.394 e. The molecule has 0 radical (unpaired) electrons. The van der Waals surface area contributed by atoms with Gasteiger partial charge in [0.05, 0.1) is 12.3 Å². The number of aromatic nitrogens is 1. The first kappa shape index (κ1) is 11.9. The Kier molecular flexibility index (Phi) is 3.56. The highest BCUT2D eigenvalue weighted by Crippen LogP contribution is 2.33. The molecule has 1 saturated heterocycles. The second-order valence-corrected chi connectivity index (χ2v) is 4.57. The molecule has 1 fully saturated rings. The normalized spacial score (nSPS) is 34.2. The smallest absolute Gasteiger partial charge is 0.128 e. The Morgan fingerprint density at radius 1 is 1.38 bits per heavy atom. The van der Waals surface area contributed by atoms with E-state index in [9.17, 15) is 10.2 Å². The van der Waals surface area contributed by atoms with Crippen molar-refractivity contribution in [2.45, 2.75) is 24.4 Å². The predicted octanol–water partition coefficient (Wildman–Crippen LogP) is -0.00190. The van der Waals surface area contributed by atoms with Crippen LogP contribution in [0.25, 0.3) is 0 Å². The molecule has 1 unspecified atom stereocenters. The number of aliphatic hydroxyl groups is 3. The van der Waals surface area contributed by atoms with Crippen LogP contribution in [-0.4, -0.2) is 45.2 Å². The van der Waals surface area contributed by atoms with E-state index in [1.807, 2.05) is 0 Å². The number of nitrogens with zero attached hydrogens (tertiary/aromatic N) is 1. The van der Waals surface area contributed by atoms with Gasteiger partial charge in [-0.3, -0.25) is 4.98 Å². The van der Waals surface area contributed by atoms with Gasteiger partial charge in [0.25, 0.3) is 0 Å². The summed E-state index contributed by atoms with van der Waals surface area (Å²) in [7, 11) is 0. The van der Waals surface area contributed by atoms with E-state index in [1.54, 1.807) is 18.3 Å². The maximum absolute atomic E-state index is 9.76. The van der Waals surface area contributed by atoms with Crippen molar-refractivity contribution in [3.05, 3.63) is 28.5 Å². The predicted molar refractivity (Wildman–Crippen MR) is 58.7 cm³/mol. The highest BCUT2D eigenvalue weighted by molar-refractivity contribution is 9.10. The maximum atomic E-state index is 9.76. The summed E-state index contributed by atoms with van der Waals surface area (Å²) >= 11 is 3.29. The number of rotatable bonds is 2. The average Bonchev–Trinajstić information content (AvgIpc) is 2.56. The van der Waals surface area contributed by atoms with E-state index in [0.717, 1.165) is 4.47 Å². The van der Waals surface area contributed by atoms with E-state index < -0.39 is 24.4 Å². The third kappa shape index (κ3) is 2.11. The lowest BCUT2D eigenvalue weighted by molar-refractivity contribution is -0.0239. The monoisotopic (exact) mass is 289 g/mol. The zero-order valence-corrected chi connectivity index (χ0v) is 9.91. The van der Waals surface area contributed by atoms with E-state index in [1.165, 1.54) is 0 Å². The van der Waals surface area contributed by atoms with Crippen molar-refractivity contribution in [1.82, 2.24) is 4.98 Å². The fourth-order valence-electron chi connectivity index (χ4n) is 1.72. The Morgan fingerprint density at radius 3 is 2.69 bits per heavy atom. The van der Waals surface area contributed by atoms with Crippen LogP contribution in [-0.2, 0) is 4.74 Å². The summed E-state index contributed by atoms with van der Waals surface area (Å²) in [5.74, 6) is 0. The molecule has 0 amide bonds. The minimum atomic E-state index is -1.09. The standard InChI is InChI=1S/C10H12BrNO4/c11-5-1-2-12-6(3-5)10-9(15)8(14)7(4-13)16-10/h1-3,7-10,13-15H,4H2/t7-,8-,9-,10?/m1/s1. The van der Waals surface area contributed by atoms with Gasteiger partial charge in [-0.2, -0.15) is 0 Å². The molecule has 16 heavy (non-hydrogen) atoms. The molecule has 0 spiro atoms. The third-order valence-electron chi connectivity index (χ3n) is 2.58. The van der Waals surface area contributed by atoms with Gasteiger partial charge in [-0.15, -0.1) is 0 Å². The van der Waals surface area contributed by atoms with Crippen LogP contribution in [0.15, 0.2) is 22.8 Å². The van der Waals surface area contributed by atoms with Crippen LogP contribution in [0.4, 0.5) is 0 Å². The van der Waals surface area contributed by atoms with Gasteiger partial charge in [0.15, 0.2) is 0 Å². The molecule has 1 aromatic heterocycles. The number of aliphatic hydroxyl groups excluding tert-OH is 3. The van der Waals surface area contributed by atoms with E-state index in [-0.39, 0.29) is 6.61 Å². The van der Waals surface area contributed by atoms with E-state index in [4.69, 9.17) is 9.84 Å². The molecule has 4 atom stereocenters. The van der Waals surface area contributed by atoms with Gasteiger partial charge in [-0.05, 0) is 12.1 Å². The lowest BCUT2D eigenvalue weighted by Gasteiger charge is -2.13. The van der Waals surface area contributed by atoms with Gasteiger partial charge in [-0.25, -0.2) is 0 Å². The van der Waals surface area contributed by atoms with Crippen LogP contribution in [0.3, 0.4) is 0 Å². The minimum absolute atomic E-state index is 0.331. The second-order valence-electron chi connectivity index (χ2n) is 3.66. The van der Waals surface area contributed by atoms with Crippen molar-refractivity contribution in [1.29, 1.82) is 0 Å². The molecule has 0 aliphatic carbocycles. The number of ether oxygens (including phenoxy) is 1. The third-order valence-corrected chi connectivity index (χ3v) is 3.07. The Morgan fingerprint density at radius 2 is 2.12 bits per heavy atom. The fraction of sp³-hybridized carbons (Fsp3) is 0.500. The first-order valence-corrected chi connectivity index (χ1v) is 5.66. The molecule has 3 N–H and O–H groups in total. The number of hydrogen-bond donors (Lipinski definition) is 3. The highest BCUT2D eigenvalue weighted by Gasteiger charge is 2.43. The summed E-state index contributed by atoms with van der Waals surface area (Å²) in [5, 5.41) is 28.3. The number of halogens is 1. The molecule has 2 rings (SSSR count). The summed E-state index contributed by atoms with van der Waals surface area (Å²) < 4.78 is 6.16. The van der Waals surface area contributed by atoms with Crippen molar-refractivity contribution in [3.63, 3.8) is 0 Å². The SMILES string of the molecule is OC[C@H]1OC(c2cc(Br)ccn2)[C@H](O)[C@@H]1O. The van der Waals surface area contributed by atoms with Gasteiger partial charge < -0.3 is 20.1 Å². The van der Waals surface area contributed by atoms with E-state index in [0.29, 0.717) is 5.69 Å². The Hall–Kier alpha value is -0.530. The number of pyridine rings is 1. The molecule has 1 aromatic rings. The summed E-state index contributed by atoms with van der Waals surface area (Å²) in [6.45, 7) is -0.331. The molecule has 0 bridgehead atoms. The van der Waals surface area contributed by atoms with Crippen molar-refractivity contribution < 1.29 is 20.1 Å². The van der Waals surface area contributed by atoms with Gasteiger partial charge in [0.2, 0.25) is 0 Å². The quantitative estimate of drug-likeness (QED) is 0.714. The van der Waals surface area contributed by atoms with Crippen molar-refractivity contribution in [2.24, 2.45) is 0 Å². The molecule has 1 aliphatic rings. The Balaban J connectivity index is 2.23. The Labute approximate surface area is 101 Å². The second kappa shape index (κ2) is 4.77. The zero-order valence-electron chi connectivity index (χ0n) is 8.32. The van der Waals surface area contributed by atoms with E-state index >= 15 is 0 Å². The lowest BCUT2D eigenvalue weighted by atomic mass is 10.1. The van der Waals surface area contributed by atoms with Crippen molar-refractivity contribution in [3.8, 4) is 0 Å². The van der Waals surface area contributed by atoms with Gasteiger partial charge >= 0.3 is 0 Å². The van der Waals surface area contributed by atoms with Gasteiger partial charge in [0, 0.05) is 10.7 Å². The summed E-state index contributed by atoms with van der Waals surface area (Å²) in [6, 6.07) is 3.46. The molecule has 2 heterocycles. The summed E-state index contributed by atoms with van der Waals surface area (Å²) in [6.07, 6.45) is -2.05. The first-order valence-electron chi connectivity index (χ1n) is 4.87. The van der Waals surface area contributed by atoms with Crippen LogP contribution >= 0.6 is 15.9 Å².